The van der Waals surface area contributed by atoms with Gasteiger partial charge in [0, 0.05) is 24.8 Å². The van der Waals surface area contributed by atoms with Gasteiger partial charge in [0.2, 0.25) is 0 Å². The molecule has 1 aliphatic heterocycles. The van der Waals surface area contributed by atoms with Crippen LogP contribution in [0.4, 0.5) is 10.6 Å². The van der Waals surface area contributed by atoms with Crippen LogP contribution in [0, 0.1) is 5.92 Å². The standard InChI is InChI=1S/C17H24N6O4/c1-17(2,20-16(25)26)8-10-6-13(27-9-10)11-7-14(22-21-11)19-15(24)12-4-5-18-23(12)3/h4-5,7,10,13,20H,6,8-9H2,1-3H3,(H,25,26)(H2,19,21,22,24)/t10-,13+/m1/s1. The van der Waals surface area contributed by atoms with Crippen molar-refractivity contribution in [2.45, 2.75) is 38.3 Å². The zero-order chi connectivity index (χ0) is 19.6. The van der Waals surface area contributed by atoms with E-state index in [0.29, 0.717) is 24.5 Å². The van der Waals surface area contributed by atoms with E-state index in [1.54, 1.807) is 25.4 Å². The summed E-state index contributed by atoms with van der Waals surface area (Å²) in [5, 5.41) is 25.2. The zero-order valence-electron chi connectivity index (χ0n) is 15.5. The molecule has 0 aliphatic carbocycles. The van der Waals surface area contributed by atoms with Crippen molar-refractivity contribution in [2.75, 3.05) is 11.9 Å². The van der Waals surface area contributed by atoms with E-state index in [1.165, 1.54) is 4.68 Å². The smallest absolute Gasteiger partial charge is 0.405 e. The number of H-pyrrole nitrogens is 1. The van der Waals surface area contributed by atoms with Gasteiger partial charge in [-0.2, -0.15) is 10.2 Å². The summed E-state index contributed by atoms with van der Waals surface area (Å²) in [6.45, 7) is 4.26. The summed E-state index contributed by atoms with van der Waals surface area (Å²) in [7, 11) is 1.69. The topological polar surface area (TPSA) is 134 Å². The number of carboxylic acid groups (broad SMARTS) is 1. The van der Waals surface area contributed by atoms with Gasteiger partial charge in [0.25, 0.3) is 5.91 Å². The number of aromatic nitrogens is 4. The lowest BCUT2D eigenvalue weighted by atomic mass is 9.88. The Bertz CT molecular complexity index is 827. The molecule has 2 aromatic rings. The van der Waals surface area contributed by atoms with Crippen LogP contribution >= 0.6 is 0 Å². The molecule has 0 bridgehead atoms. The highest BCUT2D eigenvalue weighted by molar-refractivity contribution is 6.02. The predicted octanol–water partition coefficient (Wildman–Crippen LogP) is 1.91. The van der Waals surface area contributed by atoms with Gasteiger partial charge < -0.3 is 20.5 Å². The lowest BCUT2D eigenvalue weighted by molar-refractivity contribution is 0.101. The molecule has 1 saturated heterocycles. The Hall–Kier alpha value is -2.88. The predicted molar refractivity (Wildman–Crippen MR) is 96.4 cm³/mol. The molecule has 2 atom stereocenters. The maximum atomic E-state index is 12.2. The van der Waals surface area contributed by atoms with Gasteiger partial charge in [-0.3, -0.25) is 14.6 Å². The molecule has 4 N–H and O–H groups in total. The lowest BCUT2D eigenvalue weighted by Gasteiger charge is -2.27. The molecule has 3 rings (SSSR count). The van der Waals surface area contributed by atoms with Gasteiger partial charge in [0.05, 0.1) is 18.4 Å². The summed E-state index contributed by atoms with van der Waals surface area (Å²) >= 11 is 0. The molecule has 1 fully saturated rings. The second-order valence-electron chi connectivity index (χ2n) is 7.44. The molecule has 146 valence electrons. The number of anilines is 1. The SMILES string of the molecule is Cn1nccc1C(=O)Nc1cc([C@@H]2C[C@H](CC(C)(C)NC(=O)O)CO2)[nH]n1. The maximum Gasteiger partial charge on any atom is 0.405 e. The average Bonchev–Trinajstić information content (AvgIpc) is 3.26. The molecule has 0 aromatic carbocycles. The highest BCUT2D eigenvalue weighted by Crippen LogP contribution is 2.36. The third kappa shape index (κ3) is 4.64. The van der Waals surface area contributed by atoms with Crippen LogP contribution in [0.1, 0.15) is 49.0 Å². The second kappa shape index (κ2) is 7.39. The van der Waals surface area contributed by atoms with Crippen molar-refractivity contribution in [2.24, 2.45) is 13.0 Å². The summed E-state index contributed by atoms with van der Waals surface area (Å²) < 4.78 is 7.33. The minimum absolute atomic E-state index is 0.162. The van der Waals surface area contributed by atoms with Gasteiger partial charge in [-0.1, -0.05) is 0 Å². The van der Waals surface area contributed by atoms with Crippen LogP contribution in [0.25, 0.3) is 0 Å². The summed E-state index contributed by atoms with van der Waals surface area (Å²) in [4.78, 5) is 23.1. The second-order valence-corrected chi connectivity index (χ2v) is 7.44. The molecule has 10 nitrogen and oxygen atoms in total. The van der Waals surface area contributed by atoms with Gasteiger partial charge in [-0.25, -0.2) is 4.79 Å². The number of aryl methyl sites for hydroxylation is 1. The Kier molecular flexibility index (Phi) is 5.17. The van der Waals surface area contributed by atoms with E-state index in [-0.39, 0.29) is 17.9 Å². The average molecular weight is 376 g/mol. The normalized spacial score (nSPS) is 19.8. The van der Waals surface area contributed by atoms with Crippen molar-refractivity contribution < 1.29 is 19.4 Å². The number of carbonyl (C=O) groups excluding carboxylic acids is 1. The highest BCUT2D eigenvalue weighted by Gasteiger charge is 2.33. The third-order valence-electron chi connectivity index (χ3n) is 4.56. The number of ether oxygens (including phenoxy) is 1. The van der Waals surface area contributed by atoms with E-state index in [9.17, 15) is 9.59 Å². The molecule has 0 radical (unpaired) electrons. The van der Waals surface area contributed by atoms with E-state index >= 15 is 0 Å². The van der Waals surface area contributed by atoms with Crippen molar-refractivity contribution in [3.05, 3.63) is 29.7 Å². The van der Waals surface area contributed by atoms with Crippen LogP contribution in [0.2, 0.25) is 0 Å². The van der Waals surface area contributed by atoms with E-state index in [2.05, 4.69) is 25.9 Å². The molecule has 1 aliphatic rings. The molecule has 27 heavy (non-hydrogen) atoms. The maximum absolute atomic E-state index is 12.2. The molecular weight excluding hydrogens is 352 g/mol. The number of rotatable bonds is 6. The van der Waals surface area contributed by atoms with Crippen LogP contribution < -0.4 is 10.6 Å². The Morgan fingerprint density at radius 1 is 1.48 bits per heavy atom. The van der Waals surface area contributed by atoms with Gasteiger partial charge in [0.15, 0.2) is 5.82 Å². The van der Waals surface area contributed by atoms with Crippen LogP contribution in [0.5, 0.6) is 0 Å². The van der Waals surface area contributed by atoms with Crippen LogP contribution in [-0.4, -0.2) is 49.2 Å². The molecule has 3 heterocycles. The Labute approximate surface area is 156 Å². The number of hydrogen-bond acceptors (Lipinski definition) is 5. The number of nitrogens with zero attached hydrogens (tertiary/aromatic N) is 3. The van der Waals surface area contributed by atoms with Crippen molar-refractivity contribution >= 4 is 17.8 Å². The first-order valence-corrected chi connectivity index (χ1v) is 8.71. The molecule has 2 aromatic heterocycles. The summed E-state index contributed by atoms with van der Waals surface area (Å²) in [5.74, 6) is 0.350. The van der Waals surface area contributed by atoms with E-state index in [0.717, 1.165) is 12.1 Å². The first kappa shape index (κ1) is 18.9. The number of aromatic amines is 1. The number of hydrogen-bond donors (Lipinski definition) is 4. The Morgan fingerprint density at radius 2 is 2.26 bits per heavy atom. The molecule has 0 unspecified atom stereocenters. The van der Waals surface area contributed by atoms with E-state index in [4.69, 9.17) is 9.84 Å². The Balaban J connectivity index is 1.57. The summed E-state index contributed by atoms with van der Waals surface area (Å²) in [6.07, 6.45) is 1.79. The van der Waals surface area contributed by atoms with Gasteiger partial charge in [-0.15, -0.1) is 0 Å². The zero-order valence-corrected chi connectivity index (χ0v) is 15.5. The van der Waals surface area contributed by atoms with Crippen LogP contribution in [0.15, 0.2) is 18.3 Å². The van der Waals surface area contributed by atoms with Gasteiger partial charge >= 0.3 is 6.09 Å². The quantitative estimate of drug-likeness (QED) is 0.608. The molecule has 0 saturated carbocycles. The van der Waals surface area contributed by atoms with Crippen LogP contribution in [0.3, 0.4) is 0 Å². The molecule has 10 heteroatoms. The number of amides is 2. The fraction of sp³-hybridized carbons (Fsp3) is 0.529. The van der Waals surface area contributed by atoms with E-state index < -0.39 is 11.6 Å². The highest BCUT2D eigenvalue weighted by atomic mass is 16.5. The first-order valence-electron chi connectivity index (χ1n) is 8.71. The van der Waals surface area contributed by atoms with Crippen molar-refractivity contribution in [1.29, 1.82) is 0 Å². The fourth-order valence-corrected chi connectivity index (χ4v) is 3.45. The molecular formula is C17H24N6O4. The first-order chi connectivity index (χ1) is 12.7. The minimum atomic E-state index is -1.03. The third-order valence-corrected chi connectivity index (χ3v) is 4.56. The lowest BCUT2D eigenvalue weighted by Crippen LogP contribution is -2.44. The fourth-order valence-electron chi connectivity index (χ4n) is 3.45. The van der Waals surface area contributed by atoms with Gasteiger partial charge in [-0.05, 0) is 38.7 Å². The largest absolute Gasteiger partial charge is 0.465 e. The number of nitrogens with one attached hydrogen (secondary N) is 3. The van der Waals surface area contributed by atoms with Crippen molar-refractivity contribution in [3.8, 4) is 0 Å². The van der Waals surface area contributed by atoms with Crippen molar-refractivity contribution in [1.82, 2.24) is 25.3 Å². The summed E-state index contributed by atoms with van der Waals surface area (Å²) in [6, 6.07) is 3.38. The molecule has 0 spiro atoms. The summed E-state index contributed by atoms with van der Waals surface area (Å²) in [5.41, 5.74) is 0.692. The monoisotopic (exact) mass is 376 g/mol. The Morgan fingerprint density at radius 3 is 2.93 bits per heavy atom. The van der Waals surface area contributed by atoms with Crippen LogP contribution in [-0.2, 0) is 11.8 Å². The molecule has 2 amide bonds. The van der Waals surface area contributed by atoms with Gasteiger partial charge in [0.1, 0.15) is 5.69 Å². The number of carbonyl (C=O) groups is 2. The van der Waals surface area contributed by atoms with Crippen molar-refractivity contribution in [3.63, 3.8) is 0 Å². The minimum Gasteiger partial charge on any atom is -0.465 e. The van der Waals surface area contributed by atoms with E-state index in [1.807, 2.05) is 13.8 Å².